The van der Waals surface area contributed by atoms with Crippen LogP contribution in [0.25, 0.3) is 10.9 Å². The molecule has 0 saturated heterocycles. The number of nitrogens with zero attached hydrogens (tertiary/aromatic N) is 1. The summed E-state index contributed by atoms with van der Waals surface area (Å²) in [5.74, 6) is -0.861. The fraction of sp³-hybridized carbons (Fsp3) is 0.400. The van der Waals surface area contributed by atoms with Crippen molar-refractivity contribution in [1.29, 1.82) is 0 Å². The van der Waals surface area contributed by atoms with E-state index in [1.165, 1.54) is 18.4 Å². The maximum absolute atomic E-state index is 11.3. The van der Waals surface area contributed by atoms with Crippen LogP contribution in [0.2, 0.25) is 0 Å². The smallest absolute Gasteiger partial charge is 0.337 e. The lowest BCUT2D eigenvalue weighted by Crippen LogP contribution is -2.14. The number of fused-ring (bicyclic) bond motifs is 1. The molecule has 0 spiro atoms. The number of nitrogens with one attached hydrogen (secondary N) is 1. The summed E-state index contributed by atoms with van der Waals surface area (Å²) in [7, 11) is 0. The van der Waals surface area contributed by atoms with Gasteiger partial charge >= 0.3 is 5.97 Å². The molecule has 3 rings (SSSR count). The number of carboxylic acids is 1. The van der Waals surface area contributed by atoms with Gasteiger partial charge in [0.15, 0.2) is 0 Å². The Morgan fingerprint density at radius 1 is 1.47 bits per heavy atom. The van der Waals surface area contributed by atoms with Crippen molar-refractivity contribution in [3.05, 3.63) is 35.5 Å². The van der Waals surface area contributed by atoms with Gasteiger partial charge in [-0.25, -0.2) is 4.79 Å². The van der Waals surface area contributed by atoms with Gasteiger partial charge in [-0.2, -0.15) is 0 Å². The normalized spacial score (nSPS) is 15.0. The Morgan fingerprint density at radius 3 is 2.89 bits per heavy atom. The van der Waals surface area contributed by atoms with Gasteiger partial charge in [0.05, 0.1) is 11.1 Å². The van der Waals surface area contributed by atoms with E-state index in [1.807, 2.05) is 23.6 Å². The predicted molar refractivity (Wildman–Crippen MR) is 74.4 cm³/mol. The largest absolute Gasteiger partial charge is 0.478 e. The van der Waals surface area contributed by atoms with E-state index in [2.05, 4.69) is 11.5 Å². The van der Waals surface area contributed by atoms with Crippen LogP contribution in [-0.4, -0.2) is 21.7 Å². The molecule has 19 heavy (non-hydrogen) atoms. The van der Waals surface area contributed by atoms with Crippen LogP contribution in [0.1, 0.15) is 35.7 Å². The van der Waals surface area contributed by atoms with Crippen molar-refractivity contribution in [2.24, 2.45) is 0 Å². The predicted octanol–water partition coefficient (Wildman–Crippen LogP) is 2.61. The van der Waals surface area contributed by atoms with E-state index in [0.29, 0.717) is 11.6 Å². The Bertz CT molecular complexity index is 626. The second kappa shape index (κ2) is 4.70. The number of aromatic nitrogens is 1. The van der Waals surface area contributed by atoms with Crippen molar-refractivity contribution in [1.82, 2.24) is 9.88 Å². The van der Waals surface area contributed by atoms with Gasteiger partial charge in [-0.15, -0.1) is 0 Å². The lowest BCUT2D eigenvalue weighted by Gasteiger charge is -2.04. The van der Waals surface area contributed by atoms with Crippen molar-refractivity contribution in [2.75, 3.05) is 0 Å². The van der Waals surface area contributed by atoms with Gasteiger partial charge in [-0.1, -0.05) is 12.1 Å². The Balaban J connectivity index is 2.07. The lowest BCUT2D eigenvalue weighted by atomic mass is 10.1. The van der Waals surface area contributed by atoms with Gasteiger partial charge in [0.1, 0.15) is 0 Å². The van der Waals surface area contributed by atoms with E-state index in [-0.39, 0.29) is 0 Å². The minimum absolute atomic E-state index is 0.386. The number of hydrogen-bond acceptors (Lipinski definition) is 2. The number of rotatable bonds is 5. The van der Waals surface area contributed by atoms with Crippen LogP contribution in [0, 0.1) is 0 Å². The van der Waals surface area contributed by atoms with Gasteiger partial charge in [-0.3, -0.25) is 0 Å². The van der Waals surface area contributed by atoms with Crippen molar-refractivity contribution < 1.29 is 9.90 Å². The van der Waals surface area contributed by atoms with Gasteiger partial charge in [0.2, 0.25) is 0 Å². The second-order valence-electron chi connectivity index (χ2n) is 5.10. The first kappa shape index (κ1) is 12.2. The van der Waals surface area contributed by atoms with Crippen LogP contribution in [0.15, 0.2) is 24.4 Å². The standard InChI is InChI=1S/C15H18N2O2/c1-2-17-9-10(8-16-11-6-7-11)12-4-3-5-13(14(12)17)15(18)19/h3-5,9,11,16H,2,6-8H2,1H3,(H,18,19). The third-order valence-electron chi connectivity index (χ3n) is 3.71. The van der Waals surface area contributed by atoms with Gasteiger partial charge < -0.3 is 15.0 Å². The number of carbonyl (C=O) groups is 1. The Hall–Kier alpha value is -1.81. The minimum Gasteiger partial charge on any atom is -0.478 e. The molecule has 0 amide bonds. The van der Waals surface area contributed by atoms with Crippen LogP contribution in [0.3, 0.4) is 0 Å². The molecule has 1 fully saturated rings. The minimum atomic E-state index is -0.861. The fourth-order valence-corrected chi connectivity index (χ4v) is 2.54. The molecular weight excluding hydrogens is 240 g/mol. The van der Waals surface area contributed by atoms with Gasteiger partial charge in [-0.05, 0) is 31.4 Å². The van der Waals surface area contributed by atoms with E-state index in [9.17, 15) is 9.90 Å². The molecule has 1 heterocycles. The highest BCUT2D eigenvalue weighted by Gasteiger charge is 2.21. The SMILES string of the molecule is CCn1cc(CNC2CC2)c2cccc(C(=O)O)c21. The molecule has 2 N–H and O–H groups in total. The summed E-state index contributed by atoms with van der Waals surface area (Å²) in [5.41, 5.74) is 2.41. The lowest BCUT2D eigenvalue weighted by molar-refractivity contribution is 0.0698. The Labute approximate surface area is 112 Å². The van der Waals surface area contributed by atoms with E-state index in [4.69, 9.17) is 0 Å². The quantitative estimate of drug-likeness (QED) is 0.866. The van der Waals surface area contributed by atoms with Crippen LogP contribution in [0.5, 0.6) is 0 Å². The summed E-state index contributed by atoms with van der Waals surface area (Å²) in [6, 6.07) is 6.17. The molecule has 4 nitrogen and oxygen atoms in total. The summed E-state index contributed by atoms with van der Waals surface area (Å²) in [6.07, 6.45) is 4.59. The number of aryl methyl sites for hydroxylation is 1. The summed E-state index contributed by atoms with van der Waals surface area (Å²) >= 11 is 0. The molecule has 0 unspecified atom stereocenters. The molecule has 1 aromatic heterocycles. The molecule has 0 bridgehead atoms. The molecular formula is C15H18N2O2. The van der Waals surface area contributed by atoms with E-state index < -0.39 is 5.97 Å². The van der Waals surface area contributed by atoms with Crippen molar-refractivity contribution in [2.45, 2.75) is 38.9 Å². The second-order valence-corrected chi connectivity index (χ2v) is 5.10. The molecule has 1 aliphatic carbocycles. The molecule has 2 aromatic rings. The molecule has 4 heteroatoms. The molecule has 1 saturated carbocycles. The topological polar surface area (TPSA) is 54.3 Å². The summed E-state index contributed by atoms with van der Waals surface area (Å²) < 4.78 is 2.03. The summed E-state index contributed by atoms with van der Waals surface area (Å²) in [6.45, 7) is 3.64. The van der Waals surface area contributed by atoms with Crippen molar-refractivity contribution in [3.8, 4) is 0 Å². The highest BCUT2D eigenvalue weighted by atomic mass is 16.4. The average Bonchev–Trinajstić information content (AvgIpc) is 3.17. The summed E-state index contributed by atoms with van der Waals surface area (Å²) in [5, 5.41) is 13.9. The molecule has 0 atom stereocenters. The summed E-state index contributed by atoms with van der Waals surface area (Å²) in [4.78, 5) is 11.3. The number of carboxylic acid groups (broad SMARTS) is 1. The Morgan fingerprint density at radius 2 is 2.26 bits per heavy atom. The molecule has 0 aliphatic heterocycles. The zero-order valence-electron chi connectivity index (χ0n) is 11.0. The molecule has 0 radical (unpaired) electrons. The monoisotopic (exact) mass is 258 g/mol. The number of para-hydroxylation sites is 1. The van der Waals surface area contributed by atoms with E-state index >= 15 is 0 Å². The first-order chi connectivity index (χ1) is 9.20. The fourth-order valence-electron chi connectivity index (χ4n) is 2.54. The molecule has 1 aromatic carbocycles. The van der Waals surface area contributed by atoms with Crippen molar-refractivity contribution in [3.63, 3.8) is 0 Å². The molecule has 100 valence electrons. The third kappa shape index (κ3) is 2.24. The maximum atomic E-state index is 11.3. The maximum Gasteiger partial charge on any atom is 0.337 e. The first-order valence-electron chi connectivity index (χ1n) is 6.78. The zero-order valence-corrected chi connectivity index (χ0v) is 11.0. The number of aromatic carboxylic acids is 1. The van der Waals surface area contributed by atoms with Crippen LogP contribution in [-0.2, 0) is 13.1 Å². The van der Waals surface area contributed by atoms with Crippen LogP contribution >= 0.6 is 0 Å². The van der Waals surface area contributed by atoms with Crippen LogP contribution in [0.4, 0.5) is 0 Å². The van der Waals surface area contributed by atoms with Crippen LogP contribution < -0.4 is 5.32 Å². The highest BCUT2D eigenvalue weighted by Crippen LogP contribution is 2.26. The average molecular weight is 258 g/mol. The zero-order chi connectivity index (χ0) is 13.4. The van der Waals surface area contributed by atoms with Crippen molar-refractivity contribution >= 4 is 16.9 Å². The number of benzene rings is 1. The number of hydrogen-bond donors (Lipinski definition) is 2. The molecule has 1 aliphatic rings. The van der Waals surface area contributed by atoms with Gasteiger partial charge in [0.25, 0.3) is 0 Å². The first-order valence-corrected chi connectivity index (χ1v) is 6.78. The van der Waals surface area contributed by atoms with E-state index in [0.717, 1.165) is 24.0 Å². The highest BCUT2D eigenvalue weighted by molar-refractivity contribution is 6.03. The van der Waals surface area contributed by atoms with Gasteiger partial charge in [0, 0.05) is 30.7 Å². The third-order valence-corrected chi connectivity index (χ3v) is 3.71. The van der Waals surface area contributed by atoms with E-state index in [1.54, 1.807) is 6.07 Å². The Kier molecular flexibility index (Phi) is 3.03.